The molecule has 27 heavy (non-hydrogen) atoms. The van der Waals surface area contributed by atoms with Gasteiger partial charge in [-0.3, -0.25) is 4.99 Å². The maximum atomic E-state index is 13.3. The van der Waals surface area contributed by atoms with E-state index in [1.54, 1.807) is 7.05 Å². The number of H-pyrrole nitrogens is 1. The second-order valence-corrected chi connectivity index (χ2v) is 6.15. The molecule has 0 amide bonds. The van der Waals surface area contributed by atoms with Crippen LogP contribution in [-0.2, 0) is 13.0 Å². The minimum atomic E-state index is -0.231. The third-order valence-electron chi connectivity index (χ3n) is 4.36. The van der Waals surface area contributed by atoms with E-state index in [0.717, 1.165) is 46.7 Å². The topological polar surface area (TPSA) is 61.4 Å². The van der Waals surface area contributed by atoms with E-state index in [9.17, 15) is 4.39 Å². The lowest BCUT2D eigenvalue weighted by molar-refractivity contribution is 0.336. The van der Waals surface area contributed by atoms with Crippen molar-refractivity contribution in [3.8, 4) is 5.75 Å². The number of halogens is 1. The van der Waals surface area contributed by atoms with Crippen molar-refractivity contribution in [2.45, 2.75) is 19.9 Å². The van der Waals surface area contributed by atoms with Crippen LogP contribution in [0.2, 0.25) is 0 Å². The fourth-order valence-electron chi connectivity index (χ4n) is 3.03. The molecule has 3 aromatic rings. The lowest BCUT2D eigenvalue weighted by Gasteiger charge is -2.14. The quantitative estimate of drug-likeness (QED) is 0.441. The van der Waals surface area contributed by atoms with Crippen LogP contribution in [0.3, 0.4) is 0 Å². The first-order valence-electron chi connectivity index (χ1n) is 9.12. The summed E-state index contributed by atoms with van der Waals surface area (Å²) < 4.78 is 18.9. The van der Waals surface area contributed by atoms with E-state index >= 15 is 0 Å². The van der Waals surface area contributed by atoms with E-state index in [2.05, 4.69) is 20.6 Å². The predicted molar refractivity (Wildman–Crippen MR) is 108 cm³/mol. The smallest absolute Gasteiger partial charge is 0.191 e. The van der Waals surface area contributed by atoms with Gasteiger partial charge in [-0.05, 0) is 43.2 Å². The van der Waals surface area contributed by atoms with Crippen LogP contribution in [0.1, 0.15) is 18.1 Å². The monoisotopic (exact) mass is 368 g/mol. The van der Waals surface area contributed by atoms with Gasteiger partial charge in [-0.1, -0.05) is 18.2 Å². The summed E-state index contributed by atoms with van der Waals surface area (Å²) in [6.45, 7) is 3.96. The van der Waals surface area contributed by atoms with Crippen LogP contribution in [0, 0.1) is 5.82 Å². The molecule has 6 heteroatoms. The van der Waals surface area contributed by atoms with Crippen LogP contribution in [0.15, 0.2) is 53.7 Å². The number of ether oxygens (including phenoxy) is 1. The minimum Gasteiger partial charge on any atom is -0.494 e. The molecule has 0 aliphatic heterocycles. The maximum Gasteiger partial charge on any atom is 0.191 e. The minimum absolute atomic E-state index is 0.231. The highest BCUT2D eigenvalue weighted by molar-refractivity contribution is 5.83. The number of rotatable bonds is 7. The Labute approximate surface area is 158 Å². The van der Waals surface area contributed by atoms with Crippen molar-refractivity contribution in [3.05, 3.63) is 65.6 Å². The van der Waals surface area contributed by atoms with Crippen LogP contribution >= 0.6 is 0 Å². The molecule has 1 aromatic heterocycles. The summed E-state index contributed by atoms with van der Waals surface area (Å²) in [6.07, 6.45) is 2.74. The Kier molecular flexibility index (Phi) is 6.30. The van der Waals surface area contributed by atoms with E-state index in [-0.39, 0.29) is 5.82 Å². The number of para-hydroxylation sites is 1. The molecule has 2 aromatic carbocycles. The van der Waals surface area contributed by atoms with E-state index in [4.69, 9.17) is 4.74 Å². The average molecular weight is 368 g/mol. The van der Waals surface area contributed by atoms with Crippen molar-refractivity contribution in [2.75, 3.05) is 20.2 Å². The molecule has 1 heterocycles. The molecular weight excluding hydrogens is 343 g/mol. The molecule has 0 radical (unpaired) electrons. The van der Waals surface area contributed by atoms with Crippen LogP contribution in [0.25, 0.3) is 10.9 Å². The summed E-state index contributed by atoms with van der Waals surface area (Å²) in [6, 6.07) is 12.8. The fraction of sp³-hybridized carbons (Fsp3) is 0.286. The highest BCUT2D eigenvalue weighted by Gasteiger charge is 2.06. The average Bonchev–Trinajstić information content (AvgIpc) is 3.07. The fourth-order valence-corrected chi connectivity index (χ4v) is 3.03. The molecule has 0 spiro atoms. The number of nitrogens with zero attached hydrogens (tertiary/aromatic N) is 1. The molecule has 0 saturated heterocycles. The summed E-state index contributed by atoms with van der Waals surface area (Å²) in [5, 5.41) is 7.67. The van der Waals surface area contributed by atoms with Crippen molar-refractivity contribution in [1.29, 1.82) is 0 Å². The Morgan fingerprint density at radius 2 is 2.00 bits per heavy atom. The van der Waals surface area contributed by atoms with Crippen LogP contribution in [-0.4, -0.2) is 31.1 Å². The molecule has 0 aliphatic carbocycles. The van der Waals surface area contributed by atoms with Gasteiger partial charge >= 0.3 is 0 Å². The molecule has 3 N–H and O–H groups in total. The summed E-state index contributed by atoms with van der Waals surface area (Å²) in [7, 11) is 1.75. The van der Waals surface area contributed by atoms with Crippen molar-refractivity contribution in [2.24, 2.45) is 4.99 Å². The van der Waals surface area contributed by atoms with Gasteiger partial charge < -0.3 is 20.4 Å². The van der Waals surface area contributed by atoms with E-state index in [1.807, 2.05) is 43.5 Å². The Hall–Kier alpha value is -3.02. The lowest BCUT2D eigenvalue weighted by atomic mass is 10.1. The van der Waals surface area contributed by atoms with Crippen LogP contribution < -0.4 is 15.4 Å². The van der Waals surface area contributed by atoms with Gasteiger partial charge in [0, 0.05) is 42.8 Å². The van der Waals surface area contributed by atoms with Gasteiger partial charge in [-0.15, -0.1) is 0 Å². The van der Waals surface area contributed by atoms with Gasteiger partial charge in [0.15, 0.2) is 5.96 Å². The Bertz CT molecular complexity index is 919. The zero-order valence-corrected chi connectivity index (χ0v) is 15.7. The molecule has 0 atom stereocenters. The summed E-state index contributed by atoms with van der Waals surface area (Å²) in [5.74, 6) is 1.38. The van der Waals surface area contributed by atoms with Crippen molar-refractivity contribution in [3.63, 3.8) is 0 Å². The van der Waals surface area contributed by atoms with E-state index < -0.39 is 0 Å². The molecule has 0 unspecified atom stereocenters. The van der Waals surface area contributed by atoms with Gasteiger partial charge in [0.25, 0.3) is 0 Å². The summed E-state index contributed by atoms with van der Waals surface area (Å²) >= 11 is 0. The van der Waals surface area contributed by atoms with Gasteiger partial charge in [-0.2, -0.15) is 0 Å². The van der Waals surface area contributed by atoms with Crippen LogP contribution in [0.4, 0.5) is 4.39 Å². The summed E-state index contributed by atoms with van der Waals surface area (Å²) in [4.78, 5) is 7.39. The zero-order valence-electron chi connectivity index (χ0n) is 15.7. The third-order valence-corrected chi connectivity index (χ3v) is 4.36. The van der Waals surface area contributed by atoms with Gasteiger partial charge in [0.2, 0.25) is 0 Å². The normalized spacial score (nSPS) is 11.6. The number of fused-ring (bicyclic) bond motifs is 1. The summed E-state index contributed by atoms with van der Waals surface area (Å²) in [5.41, 5.74) is 3.05. The Morgan fingerprint density at radius 3 is 2.81 bits per heavy atom. The lowest BCUT2D eigenvalue weighted by Crippen LogP contribution is -2.37. The van der Waals surface area contributed by atoms with Gasteiger partial charge in [0.1, 0.15) is 11.6 Å². The number of benzene rings is 2. The number of aromatic nitrogens is 1. The Morgan fingerprint density at radius 1 is 1.15 bits per heavy atom. The van der Waals surface area contributed by atoms with Gasteiger partial charge in [-0.25, -0.2) is 4.39 Å². The molecular formula is C21H25FN4O. The highest BCUT2D eigenvalue weighted by Crippen LogP contribution is 2.19. The molecule has 3 rings (SSSR count). The number of guanidine groups is 1. The first kappa shape index (κ1) is 18.8. The molecule has 0 bridgehead atoms. The van der Waals surface area contributed by atoms with Crippen molar-refractivity contribution in [1.82, 2.24) is 15.6 Å². The maximum absolute atomic E-state index is 13.3. The largest absolute Gasteiger partial charge is 0.494 e. The second-order valence-electron chi connectivity index (χ2n) is 6.15. The SMILES string of the molecule is CCOc1ccccc1CNC(=NC)NCCc1c[nH]c2cc(F)ccc12. The standard InChI is InChI=1S/C21H25FN4O/c1-3-27-20-7-5-4-6-16(20)14-26-21(23-2)24-11-10-15-13-25-19-12-17(22)8-9-18(15)19/h4-9,12-13,25H,3,10-11,14H2,1-2H3,(H2,23,24,26). The Balaban J connectivity index is 1.53. The number of nitrogens with one attached hydrogen (secondary N) is 3. The van der Waals surface area contributed by atoms with E-state index in [0.29, 0.717) is 13.2 Å². The first-order valence-corrected chi connectivity index (χ1v) is 9.12. The molecule has 0 saturated carbocycles. The van der Waals surface area contributed by atoms with Crippen molar-refractivity contribution < 1.29 is 9.13 Å². The van der Waals surface area contributed by atoms with Crippen molar-refractivity contribution >= 4 is 16.9 Å². The predicted octanol–water partition coefficient (Wildman–Crippen LogP) is 3.61. The number of hydrogen-bond donors (Lipinski definition) is 3. The molecule has 142 valence electrons. The number of hydrogen-bond acceptors (Lipinski definition) is 2. The second kappa shape index (κ2) is 9.07. The van der Waals surface area contributed by atoms with Gasteiger partial charge in [0.05, 0.1) is 6.61 Å². The highest BCUT2D eigenvalue weighted by atomic mass is 19.1. The number of aromatic amines is 1. The van der Waals surface area contributed by atoms with E-state index in [1.165, 1.54) is 12.1 Å². The number of aliphatic imine (C=N–C) groups is 1. The molecule has 5 nitrogen and oxygen atoms in total. The first-order chi connectivity index (χ1) is 13.2. The molecule has 0 aliphatic rings. The third kappa shape index (κ3) is 4.78. The molecule has 0 fully saturated rings. The zero-order chi connectivity index (χ0) is 19.1. The van der Waals surface area contributed by atoms with Crippen LogP contribution in [0.5, 0.6) is 5.75 Å².